The number of aromatic nitrogens is 2. The SMILES string of the molecule is CC.COc1cc2c(Nc3ccc(Br)cc3F)ncnc2cc1OCCC1CCNCC1. The fourth-order valence-corrected chi connectivity index (χ4v) is 3.99. The smallest absolute Gasteiger partial charge is 0.163 e. The molecule has 0 amide bonds. The van der Waals surface area contributed by atoms with Crippen LogP contribution < -0.4 is 20.1 Å². The Kier molecular flexibility index (Phi) is 9.05. The number of rotatable bonds is 7. The number of methoxy groups -OCH3 is 1. The Morgan fingerprint density at radius 1 is 1.12 bits per heavy atom. The average molecular weight is 505 g/mol. The molecule has 8 heteroatoms. The molecule has 1 saturated heterocycles. The molecule has 0 bridgehead atoms. The molecule has 0 spiro atoms. The number of benzene rings is 2. The molecule has 2 heterocycles. The molecule has 1 fully saturated rings. The van der Waals surface area contributed by atoms with Gasteiger partial charge in [-0.25, -0.2) is 14.4 Å². The zero-order valence-corrected chi connectivity index (χ0v) is 20.3. The Hall–Kier alpha value is -2.45. The van der Waals surface area contributed by atoms with Crippen molar-refractivity contribution in [2.75, 3.05) is 32.1 Å². The highest BCUT2D eigenvalue weighted by Gasteiger charge is 2.16. The lowest BCUT2D eigenvalue weighted by Gasteiger charge is -2.22. The lowest BCUT2D eigenvalue weighted by atomic mass is 9.95. The van der Waals surface area contributed by atoms with Crippen LogP contribution in [0.15, 0.2) is 41.1 Å². The first-order chi connectivity index (χ1) is 15.6. The molecule has 3 aromatic rings. The summed E-state index contributed by atoms with van der Waals surface area (Å²) in [6.07, 6.45) is 4.84. The number of nitrogens with zero attached hydrogens (tertiary/aromatic N) is 2. The third kappa shape index (κ3) is 6.07. The summed E-state index contributed by atoms with van der Waals surface area (Å²) in [4.78, 5) is 8.65. The summed E-state index contributed by atoms with van der Waals surface area (Å²) in [7, 11) is 1.60. The van der Waals surface area contributed by atoms with Gasteiger partial charge in [-0.1, -0.05) is 29.8 Å². The molecule has 2 N–H and O–H groups in total. The molecule has 0 radical (unpaired) electrons. The molecular formula is C24H30BrFN4O2. The van der Waals surface area contributed by atoms with Crippen molar-refractivity contribution in [1.29, 1.82) is 0 Å². The van der Waals surface area contributed by atoms with Crippen LogP contribution in [0, 0.1) is 11.7 Å². The third-order valence-corrected chi connectivity index (χ3v) is 5.84. The van der Waals surface area contributed by atoms with Gasteiger partial charge < -0.3 is 20.1 Å². The van der Waals surface area contributed by atoms with Gasteiger partial charge in [0.15, 0.2) is 11.5 Å². The molecule has 0 atom stereocenters. The molecule has 0 aliphatic carbocycles. The second-order valence-electron chi connectivity index (χ2n) is 7.32. The van der Waals surface area contributed by atoms with Crippen molar-refractivity contribution in [3.63, 3.8) is 0 Å². The minimum atomic E-state index is -0.374. The van der Waals surface area contributed by atoms with E-state index in [1.165, 1.54) is 25.2 Å². The predicted octanol–water partition coefficient (Wildman–Crippen LogP) is 6.08. The van der Waals surface area contributed by atoms with E-state index < -0.39 is 0 Å². The maximum absolute atomic E-state index is 14.3. The van der Waals surface area contributed by atoms with Crippen LogP contribution in [-0.4, -0.2) is 36.8 Å². The Morgan fingerprint density at radius 2 is 1.91 bits per heavy atom. The average Bonchev–Trinajstić information content (AvgIpc) is 2.82. The summed E-state index contributed by atoms with van der Waals surface area (Å²) in [6, 6.07) is 8.50. The second-order valence-corrected chi connectivity index (χ2v) is 8.24. The normalized spacial score (nSPS) is 13.9. The quantitative estimate of drug-likeness (QED) is 0.406. The van der Waals surface area contributed by atoms with Crippen LogP contribution in [0.4, 0.5) is 15.9 Å². The predicted molar refractivity (Wildman–Crippen MR) is 131 cm³/mol. The highest BCUT2D eigenvalue weighted by molar-refractivity contribution is 9.10. The fourth-order valence-electron chi connectivity index (χ4n) is 3.66. The van der Waals surface area contributed by atoms with E-state index in [2.05, 4.69) is 36.5 Å². The molecule has 2 aromatic carbocycles. The number of hydrogen-bond acceptors (Lipinski definition) is 6. The van der Waals surface area contributed by atoms with Crippen LogP contribution in [0.25, 0.3) is 10.9 Å². The number of fused-ring (bicyclic) bond motifs is 1. The molecule has 1 aliphatic rings. The number of ether oxygens (including phenoxy) is 2. The summed E-state index contributed by atoms with van der Waals surface area (Å²) in [6.45, 7) is 6.79. The molecule has 4 rings (SSSR count). The zero-order valence-electron chi connectivity index (χ0n) is 18.8. The monoisotopic (exact) mass is 504 g/mol. The molecule has 172 valence electrons. The van der Waals surface area contributed by atoms with Gasteiger partial charge in [-0.05, 0) is 62.5 Å². The van der Waals surface area contributed by atoms with E-state index in [1.807, 2.05) is 26.0 Å². The fraction of sp³-hybridized carbons (Fsp3) is 0.417. The van der Waals surface area contributed by atoms with Crippen molar-refractivity contribution in [3.05, 3.63) is 46.9 Å². The maximum Gasteiger partial charge on any atom is 0.163 e. The summed E-state index contributed by atoms with van der Waals surface area (Å²) in [5.41, 5.74) is 1.03. The number of piperidine rings is 1. The summed E-state index contributed by atoms with van der Waals surface area (Å²) >= 11 is 3.27. The van der Waals surface area contributed by atoms with Crippen molar-refractivity contribution in [1.82, 2.24) is 15.3 Å². The maximum atomic E-state index is 14.3. The Bertz CT molecular complexity index is 1030. The van der Waals surface area contributed by atoms with Crippen LogP contribution in [0.1, 0.15) is 33.1 Å². The zero-order chi connectivity index (χ0) is 22.9. The molecule has 1 aromatic heterocycles. The van der Waals surface area contributed by atoms with Gasteiger partial charge in [-0.2, -0.15) is 0 Å². The first kappa shape index (κ1) is 24.2. The van der Waals surface area contributed by atoms with Crippen LogP contribution >= 0.6 is 15.9 Å². The summed E-state index contributed by atoms with van der Waals surface area (Å²) in [5.74, 6) is 2.07. The topological polar surface area (TPSA) is 68.3 Å². The largest absolute Gasteiger partial charge is 0.493 e. The molecule has 32 heavy (non-hydrogen) atoms. The van der Waals surface area contributed by atoms with E-state index >= 15 is 0 Å². The first-order valence-corrected chi connectivity index (χ1v) is 11.8. The standard InChI is InChI=1S/C22H24BrFN4O2.C2H6/c1-29-20-11-16-19(12-21(20)30-9-6-14-4-7-25-8-5-14)26-13-27-22(16)28-18-3-2-15(23)10-17(18)24;1-2/h2-3,10-14,25H,4-9H2,1H3,(H,26,27,28);1-2H3. The number of anilines is 2. The minimum Gasteiger partial charge on any atom is -0.493 e. The first-order valence-electron chi connectivity index (χ1n) is 11.0. The van der Waals surface area contributed by atoms with E-state index in [-0.39, 0.29) is 5.82 Å². The minimum absolute atomic E-state index is 0.333. The molecule has 0 unspecified atom stereocenters. The second kappa shape index (κ2) is 12.0. The van der Waals surface area contributed by atoms with Gasteiger partial charge in [0, 0.05) is 15.9 Å². The Morgan fingerprint density at radius 3 is 2.62 bits per heavy atom. The highest BCUT2D eigenvalue weighted by atomic mass is 79.9. The molecule has 1 aliphatic heterocycles. The van der Waals surface area contributed by atoms with Gasteiger partial charge in [0.05, 0.1) is 24.9 Å². The van der Waals surface area contributed by atoms with Crippen LogP contribution in [0.5, 0.6) is 11.5 Å². The van der Waals surface area contributed by atoms with Gasteiger partial charge in [0.2, 0.25) is 0 Å². The van der Waals surface area contributed by atoms with Crippen LogP contribution in [0.2, 0.25) is 0 Å². The molecule has 0 saturated carbocycles. The van der Waals surface area contributed by atoms with Gasteiger partial charge in [0.1, 0.15) is 18.0 Å². The van der Waals surface area contributed by atoms with Gasteiger partial charge in [0.25, 0.3) is 0 Å². The van der Waals surface area contributed by atoms with Crippen LogP contribution in [-0.2, 0) is 0 Å². The molecule has 6 nitrogen and oxygen atoms in total. The number of hydrogen-bond donors (Lipinski definition) is 2. The summed E-state index contributed by atoms with van der Waals surface area (Å²) < 4.78 is 26.5. The van der Waals surface area contributed by atoms with Crippen molar-refractivity contribution in [2.45, 2.75) is 33.1 Å². The highest BCUT2D eigenvalue weighted by Crippen LogP contribution is 2.35. The lowest BCUT2D eigenvalue weighted by molar-refractivity contribution is 0.243. The van der Waals surface area contributed by atoms with Gasteiger partial charge in [-0.15, -0.1) is 0 Å². The summed E-state index contributed by atoms with van der Waals surface area (Å²) in [5, 5.41) is 7.16. The lowest BCUT2D eigenvalue weighted by Crippen LogP contribution is -2.28. The van der Waals surface area contributed by atoms with Crippen molar-refractivity contribution in [2.24, 2.45) is 5.92 Å². The van der Waals surface area contributed by atoms with Crippen molar-refractivity contribution < 1.29 is 13.9 Å². The number of nitrogens with one attached hydrogen (secondary N) is 2. The van der Waals surface area contributed by atoms with Gasteiger partial charge >= 0.3 is 0 Å². The van der Waals surface area contributed by atoms with Crippen molar-refractivity contribution >= 4 is 38.3 Å². The van der Waals surface area contributed by atoms with E-state index in [9.17, 15) is 4.39 Å². The van der Waals surface area contributed by atoms with Gasteiger partial charge in [-0.3, -0.25) is 0 Å². The van der Waals surface area contributed by atoms with E-state index in [0.29, 0.717) is 45.5 Å². The van der Waals surface area contributed by atoms with E-state index in [4.69, 9.17) is 9.47 Å². The van der Waals surface area contributed by atoms with Crippen LogP contribution in [0.3, 0.4) is 0 Å². The Labute approximate surface area is 197 Å². The molecular weight excluding hydrogens is 475 g/mol. The Balaban J connectivity index is 0.00000141. The van der Waals surface area contributed by atoms with E-state index in [0.717, 1.165) is 24.9 Å². The van der Waals surface area contributed by atoms with Crippen molar-refractivity contribution in [3.8, 4) is 11.5 Å². The third-order valence-electron chi connectivity index (χ3n) is 5.35. The number of halogens is 2. The van der Waals surface area contributed by atoms with E-state index in [1.54, 1.807) is 19.2 Å².